The van der Waals surface area contributed by atoms with Crippen molar-refractivity contribution in [1.29, 1.82) is 0 Å². The number of ether oxygens (including phenoxy) is 1. The molecule has 0 amide bonds. The monoisotopic (exact) mass is 230 g/mol. The van der Waals surface area contributed by atoms with Crippen LogP contribution in [-0.2, 0) is 4.74 Å². The minimum Gasteiger partial charge on any atom is -1.00 e. The van der Waals surface area contributed by atoms with E-state index in [1.807, 2.05) is 0 Å². The van der Waals surface area contributed by atoms with Gasteiger partial charge in [-0.05, 0) is 12.8 Å². The quantitative estimate of drug-likeness (QED) is 0.400. The molecule has 1 aliphatic carbocycles. The van der Waals surface area contributed by atoms with Crippen LogP contribution < -0.4 is 17.0 Å². The first-order chi connectivity index (χ1) is 4.33. The van der Waals surface area contributed by atoms with E-state index < -0.39 is 0 Å². The van der Waals surface area contributed by atoms with Crippen molar-refractivity contribution in [3.8, 4) is 0 Å². The van der Waals surface area contributed by atoms with Crippen molar-refractivity contribution in [2.45, 2.75) is 31.8 Å². The maximum Gasteiger partial charge on any atom is 2.00 e. The third-order valence-electron chi connectivity index (χ3n) is 2.13. The van der Waals surface area contributed by atoms with Crippen molar-refractivity contribution in [2.75, 3.05) is 7.11 Å². The Morgan fingerprint density at radius 1 is 1.18 bits per heavy atom. The van der Waals surface area contributed by atoms with Gasteiger partial charge in [-0.3, -0.25) is 0 Å². The summed E-state index contributed by atoms with van der Waals surface area (Å²) in [6.07, 6.45) is 5.45. The number of hydrogen-bond acceptors (Lipinski definition) is 1. The van der Waals surface area contributed by atoms with Gasteiger partial charge in [0.15, 0.2) is 0 Å². The molecule has 0 aliphatic heterocycles. The van der Waals surface area contributed by atoms with E-state index in [0.29, 0.717) is 12.0 Å². The first-order valence-electron chi connectivity index (χ1n) is 3.69. The predicted octanol–water partition coefficient (Wildman–Crippen LogP) is -1.35. The van der Waals surface area contributed by atoms with Crippen LogP contribution in [0.4, 0.5) is 0 Å². The Morgan fingerprint density at radius 2 is 1.64 bits per heavy atom. The van der Waals surface area contributed by atoms with E-state index in [4.69, 9.17) is 4.74 Å². The van der Waals surface area contributed by atoms with Gasteiger partial charge in [0.25, 0.3) is 0 Å². The molecular weight excluding hydrogens is 216 g/mol. The number of hydrogen-bond donors (Lipinski definition) is 0. The summed E-state index contributed by atoms with van der Waals surface area (Å²) in [6, 6.07) is 0. The van der Waals surface area contributed by atoms with Crippen molar-refractivity contribution in [3.05, 3.63) is 6.92 Å². The summed E-state index contributed by atoms with van der Waals surface area (Å²) in [6.45, 7) is 4.01. The zero-order chi connectivity index (χ0) is 6.69. The fraction of sp³-hybridized carbons (Fsp3) is 0.875. The van der Waals surface area contributed by atoms with E-state index in [1.165, 1.54) is 25.7 Å². The van der Waals surface area contributed by atoms with Gasteiger partial charge in [-0.2, -0.15) is 5.92 Å². The molecule has 0 N–H and O–H groups in total. The Labute approximate surface area is 96.2 Å². The molecular formula is C8H15BrMgO. The summed E-state index contributed by atoms with van der Waals surface area (Å²) in [5.74, 6) is 0.691. The fourth-order valence-electron chi connectivity index (χ4n) is 1.37. The molecule has 1 nitrogen and oxygen atoms in total. The molecule has 0 saturated heterocycles. The third-order valence-corrected chi connectivity index (χ3v) is 2.13. The summed E-state index contributed by atoms with van der Waals surface area (Å²) in [5, 5.41) is 0. The second kappa shape index (κ2) is 7.83. The van der Waals surface area contributed by atoms with Gasteiger partial charge >= 0.3 is 23.1 Å². The van der Waals surface area contributed by atoms with Gasteiger partial charge in [0, 0.05) is 7.11 Å². The Bertz CT molecular complexity index is 82.2. The van der Waals surface area contributed by atoms with Crippen LogP contribution in [0.25, 0.3) is 0 Å². The van der Waals surface area contributed by atoms with Gasteiger partial charge in [-0.25, -0.2) is 0 Å². The van der Waals surface area contributed by atoms with Gasteiger partial charge in [-0.1, -0.05) is 12.8 Å². The number of rotatable bonds is 1. The van der Waals surface area contributed by atoms with E-state index >= 15 is 0 Å². The molecule has 3 heteroatoms. The summed E-state index contributed by atoms with van der Waals surface area (Å²) >= 11 is 0. The van der Waals surface area contributed by atoms with E-state index in [1.54, 1.807) is 7.11 Å². The van der Waals surface area contributed by atoms with E-state index in [-0.39, 0.29) is 40.0 Å². The SMILES string of the molecule is [Br-].[CH2-]C1CCC(OC)CC1.[Mg+2]. The largest absolute Gasteiger partial charge is 2.00 e. The van der Waals surface area contributed by atoms with Gasteiger partial charge in [0.1, 0.15) is 0 Å². The molecule has 0 heterocycles. The second-order valence-corrected chi connectivity index (χ2v) is 2.88. The molecule has 1 fully saturated rings. The maximum atomic E-state index is 5.21. The van der Waals surface area contributed by atoms with Crippen molar-refractivity contribution in [3.63, 3.8) is 0 Å². The van der Waals surface area contributed by atoms with E-state index in [0.717, 1.165) is 0 Å². The molecule has 62 valence electrons. The van der Waals surface area contributed by atoms with Crippen molar-refractivity contribution in [2.24, 2.45) is 5.92 Å². The van der Waals surface area contributed by atoms with E-state index in [2.05, 4.69) is 6.92 Å². The average Bonchev–Trinajstić information content (AvgIpc) is 1.90. The van der Waals surface area contributed by atoms with Gasteiger partial charge in [-0.15, -0.1) is 0 Å². The molecule has 1 aliphatic rings. The van der Waals surface area contributed by atoms with Crippen LogP contribution in [0.2, 0.25) is 0 Å². The van der Waals surface area contributed by atoms with Gasteiger partial charge < -0.3 is 28.6 Å². The molecule has 0 radical (unpaired) electrons. The number of halogens is 1. The zero-order valence-electron chi connectivity index (χ0n) is 7.18. The zero-order valence-corrected chi connectivity index (χ0v) is 10.2. The third kappa shape index (κ3) is 5.45. The maximum absolute atomic E-state index is 5.21. The molecule has 0 unspecified atom stereocenters. The molecule has 0 bridgehead atoms. The van der Waals surface area contributed by atoms with Crippen LogP contribution in [0.1, 0.15) is 25.7 Å². The predicted molar refractivity (Wildman–Crippen MR) is 43.9 cm³/mol. The standard InChI is InChI=1S/C8H15O.BrH.Mg/c1-7-3-5-8(9-2)6-4-7;;/h7-8H,1,3-6H2,2H3;1H;/q-1;;+2/p-1. The fourth-order valence-corrected chi connectivity index (χ4v) is 1.37. The van der Waals surface area contributed by atoms with E-state index in [9.17, 15) is 0 Å². The number of methoxy groups -OCH3 is 1. The second-order valence-electron chi connectivity index (χ2n) is 2.88. The van der Waals surface area contributed by atoms with Crippen LogP contribution in [0.3, 0.4) is 0 Å². The van der Waals surface area contributed by atoms with Gasteiger partial charge in [0.2, 0.25) is 0 Å². The van der Waals surface area contributed by atoms with Gasteiger partial charge in [0.05, 0.1) is 6.10 Å². The molecule has 0 atom stereocenters. The van der Waals surface area contributed by atoms with Crippen LogP contribution in [-0.4, -0.2) is 36.3 Å². The molecule has 1 rings (SSSR count). The Balaban J connectivity index is 0. The smallest absolute Gasteiger partial charge is 1.00 e. The minimum absolute atomic E-state index is 0. The first-order valence-corrected chi connectivity index (χ1v) is 3.69. The van der Waals surface area contributed by atoms with Crippen molar-refractivity contribution in [1.82, 2.24) is 0 Å². The normalized spacial score (nSPS) is 30.0. The van der Waals surface area contributed by atoms with Crippen LogP contribution >= 0.6 is 0 Å². The van der Waals surface area contributed by atoms with Crippen LogP contribution in [0.15, 0.2) is 0 Å². The topological polar surface area (TPSA) is 9.23 Å². The van der Waals surface area contributed by atoms with Crippen molar-refractivity contribution >= 4 is 23.1 Å². The molecule has 0 aromatic rings. The first kappa shape index (κ1) is 14.7. The Hall–Kier alpha value is 1.21. The summed E-state index contributed by atoms with van der Waals surface area (Å²) < 4.78 is 5.21. The van der Waals surface area contributed by atoms with Crippen LogP contribution in [0.5, 0.6) is 0 Å². The summed E-state index contributed by atoms with van der Waals surface area (Å²) in [7, 11) is 1.80. The molecule has 11 heavy (non-hydrogen) atoms. The Morgan fingerprint density at radius 3 is 2.00 bits per heavy atom. The Kier molecular flexibility index (Phi) is 10.5. The average molecular weight is 231 g/mol. The van der Waals surface area contributed by atoms with Crippen LogP contribution in [0, 0.1) is 12.8 Å². The minimum atomic E-state index is 0. The molecule has 1 saturated carbocycles. The molecule has 0 aromatic heterocycles. The summed E-state index contributed by atoms with van der Waals surface area (Å²) in [5.41, 5.74) is 0. The van der Waals surface area contributed by atoms with Crippen molar-refractivity contribution < 1.29 is 21.7 Å². The molecule has 0 spiro atoms. The summed E-state index contributed by atoms with van der Waals surface area (Å²) in [4.78, 5) is 0. The molecule has 0 aromatic carbocycles.